The molecule has 20 heavy (non-hydrogen) atoms. The fourth-order valence-corrected chi connectivity index (χ4v) is 1.96. The van der Waals surface area contributed by atoms with E-state index in [1.165, 1.54) is 16.8 Å². The normalized spacial score (nSPS) is 10.8. The van der Waals surface area contributed by atoms with Gasteiger partial charge in [-0.15, -0.1) is 5.10 Å². The van der Waals surface area contributed by atoms with Crippen LogP contribution in [0.25, 0.3) is 17.0 Å². The maximum atomic E-state index is 11.1. The molecule has 0 unspecified atom stereocenters. The summed E-state index contributed by atoms with van der Waals surface area (Å²) in [6, 6.07) is 7.98. The summed E-state index contributed by atoms with van der Waals surface area (Å²) < 4.78 is 1.38. The summed E-state index contributed by atoms with van der Waals surface area (Å²) in [4.78, 5) is 18.7. The van der Waals surface area contributed by atoms with Gasteiger partial charge in [0.05, 0.1) is 16.2 Å². The van der Waals surface area contributed by atoms with Crippen LogP contribution in [0.2, 0.25) is 0 Å². The Hall–Kier alpha value is -2.87. The Morgan fingerprint density at radius 3 is 2.85 bits per heavy atom. The number of nitro groups is 1. The lowest BCUT2D eigenvalue weighted by atomic mass is 10.1. The standard InChI is InChI=1S/C12H9N5O3/c18-7-11-14-12-13-6-5-9(16(12)15-11)8-3-1-2-4-10(8)17(19)20/h1-6,18H,7H2. The average molecular weight is 271 g/mol. The van der Waals surface area contributed by atoms with Gasteiger partial charge in [0, 0.05) is 12.3 Å². The molecule has 0 fully saturated rings. The average Bonchev–Trinajstić information content (AvgIpc) is 2.90. The molecule has 0 amide bonds. The van der Waals surface area contributed by atoms with Gasteiger partial charge in [0.2, 0.25) is 0 Å². The molecule has 0 saturated carbocycles. The maximum Gasteiger partial charge on any atom is 0.278 e. The van der Waals surface area contributed by atoms with E-state index in [2.05, 4.69) is 15.1 Å². The molecule has 2 heterocycles. The molecule has 1 aromatic carbocycles. The van der Waals surface area contributed by atoms with Crippen molar-refractivity contribution in [2.24, 2.45) is 0 Å². The van der Waals surface area contributed by atoms with Gasteiger partial charge in [0.25, 0.3) is 11.5 Å². The Bertz CT molecular complexity index is 799. The highest BCUT2D eigenvalue weighted by Gasteiger charge is 2.18. The lowest BCUT2D eigenvalue weighted by molar-refractivity contribution is -0.384. The molecule has 0 saturated heterocycles. The van der Waals surface area contributed by atoms with Crippen molar-refractivity contribution in [1.82, 2.24) is 19.6 Å². The summed E-state index contributed by atoms with van der Waals surface area (Å²) in [6.45, 7) is -0.320. The van der Waals surface area contributed by atoms with Crippen molar-refractivity contribution in [2.75, 3.05) is 0 Å². The third kappa shape index (κ3) is 1.88. The van der Waals surface area contributed by atoms with Crippen molar-refractivity contribution in [3.05, 3.63) is 52.5 Å². The van der Waals surface area contributed by atoms with Gasteiger partial charge in [-0.25, -0.2) is 4.98 Å². The number of para-hydroxylation sites is 1. The molecule has 2 aromatic heterocycles. The lowest BCUT2D eigenvalue weighted by Crippen LogP contribution is -1.99. The molecule has 3 aromatic rings. The van der Waals surface area contributed by atoms with E-state index in [0.29, 0.717) is 11.3 Å². The first-order chi connectivity index (χ1) is 9.70. The molecule has 0 aliphatic heterocycles. The molecule has 0 bridgehead atoms. The van der Waals surface area contributed by atoms with Gasteiger partial charge in [-0.2, -0.15) is 9.50 Å². The molecular formula is C12H9N5O3. The summed E-state index contributed by atoms with van der Waals surface area (Å²) >= 11 is 0. The van der Waals surface area contributed by atoms with Crippen molar-refractivity contribution in [1.29, 1.82) is 0 Å². The number of nitrogens with zero attached hydrogens (tertiary/aromatic N) is 5. The summed E-state index contributed by atoms with van der Waals surface area (Å²) in [5.74, 6) is 0.494. The number of benzene rings is 1. The van der Waals surface area contributed by atoms with Crippen molar-refractivity contribution < 1.29 is 10.0 Å². The van der Waals surface area contributed by atoms with E-state index >= 15 is 0 Å². The third-order valence-electron chi connectivity index (χ3n) is 2.80. The number of fused-ring (bicyclic) bond motifs is 1. The molecule has 0 radical (unpaired) electrons. The smallest absolute Gasteiger partial charge is 0.278 e. The fourth-order valence-electron chi connectivity index (χ4n) is 1.96. The van der Waals surface area contributed by atoms with Crippen LogP contribution in [0.4, 0.5) is 5.69 Å². The highest BCUT2D eigenvalue weighted by molar-refractivity contribution is 5.71. The topological polar surface area (TPSA) is 106 Å². The number of rotatable bonds is 3. The van der Waals surface area contributed by atoms with Crippen molar-refractivity contribution in [3.63, 3.8) is 0 Å². The van der Waals surface area contributed by atoms with Gasteiger partial charge < -0.3 is 5.11 Å². The minimum absolute atomic E-state index is 0.0268. The Labute approximate surface area is 112 Å². The lowest BCUT2D eigenvalue weighted by Gasteiger charge is -2.04. The molecule has 0 spiro atoms. The summed E-state index contributed by atoms with van der Waals surface area (Å²) in [6.07, 6.45) is 1.50. The van der Waals surface area contributed by atoms with Gasteiger partial charge in [-0.05, 0) is 12.1 Å². The molecule has 8 nitrogen and oxygen atoms in total. The van der Waals surface area contributed by atoms with Crippen LogP contribution in [-0.2, 0) is 6.61 Å². The number of aromatic nitrogens is 4. The second-order valence-electron chi connectivity index (χ2n) is 4.00. The first kappa shape index (κ1) is 12.2. The van der Waals surface area contributed by atoms with E-state index in [-0.39, 0.29) is 23.9 Å². The molecule has 1 N–H and O–H groups in total. The summed E-state index contributed by atoms with van der Waals surface area (Å²) in [5.41, 5.74) is 0.884. The summed E-state index contributed by atoms with van der Waals surface area (Å²) in [5, 5.41) is 24.2. The highest BCUT2D eigenvalue weighted by Crippen LogP contribution is 2.28. The molecule has 8 heteroatoms. The quantitative estimate of drug-likeness (QED) is 0.566. The van der Waals surface area contributed by atoms with Gasteiger partial charge in [-0.3, -0.25) is 10.1 Å². The predicted molar refractivity (Wildman–Crippen MR) is 68.8 cm³/mol. The number of aliphatic hydroxyl groups is 1. The molecular weight excluding hydrogens is 262 g/mol. The number of aliphatic hydroxyl groups excluding tert-OH is 1. The van der Waals surface area contributed by atoms with Gasteiger partial charge >= 0.3 is 0 Å². The predicted octanol–water partition coefficient (Wildman–Crippen LogP) is 1.19. The van der Waals surface area contributed by atoms with Crippen LogP contribution >= 0.6 is 0 Å². The minimum atomic E-state index is -0.453. The molecule has 3 rings (SSSR count). The highest BCUT2D eigenvalue weighted by atomic mass is 16.6. The van der Waals surface area contributed by atoms with E-state index in [9.17, 15) is 10.1 Å². The van der Waals surface area contributed by atoms with Crippen LogP contribution in [0.15, 0.2) is 36.5 Å². The monoisotopic (exact) mass is 271 g/mol. The van der Waals surface area contributed by atoms with Crippen LogP contribution in [0, 0.1) is 10.1 Å². The Morgan fingerprint density at radius 2 is 2.10 bits per heavy atom. The molecule has 0 aliphatic carbocycles. The van der Waals surface area contributed by atoms with Gasteiger partial charge in [0.15, 0.2) is 5.82 Å². The fraction of sp³-hybridized carbons (Fsp3) is 0.0833. The van der Waals surface area contributed by atoms with Crippen molar-refractivity contribution in [3.8, 4) is 11.3 Å². The molecule has 0 aliphatic rings. The second-order valence-corrected chi connectivity index (χ2v) is 4.00. The van der Waals surface area contributed by atoms with E-state index in [0.717, 1.165) is 0 Å². The maximum absolute atomic E-state index is 11.1. The zero-order valence-corrected chi connectivity index (χ0v) is 10.2. The Kier molecular flexibility index (Phi) is 2.84. The third-order valence-corrected chi connectivity index (χ3v) is 2.80. The number of hydrogen-bond donors (Lipinski definition) is 1. The van der Waals surface area contributed by atoms with E-state index in [1.54, 1.807) is 24.3 Å². The van der Waals surface area contributed by atoms with E-state index < -0.39 is 4.92 Å². The van der Waals surface area contributed by atoms with Crippen LogP contribution < -0.4 is 0 Å². The van der Waals surface area contributed by atoms with Crippen LogP contribution in [0.3, 0.4) is 0 Å². The van der Waals surface area contributed by atoms with Crippen molar-refractivity contribution in [2.45, 2.75) is 6.61 Å². The number of hydrogen-bond acceptors (Lipinski definition) is 6. The first-order valence-electron chi connectivity index (χ1n) is 5.76. The molecule has 0 atom stereocenters. The van der Waals surface area contributed by atoms with Crippen molar-refractivity contribution >= 4 is 11.5 Å². The van der Waals surface area contributed by atoms with E-state index in [1.807, 2.05) is 0 Å². The summed E-state index contributed by atoms with van der Waals surface area (Å²) in [7, 11) is 0. The SMILES string of the molecule is O=[N+]([O-])c1ccccc1-c1ccnc2nc(CO)nn12. The minimum Gasteiger partial charge on any atom is -0.388 e. The van der Waals surface area contributed by atoms with Gasteiger partial charge in [-0.1, -0.05) is 12.1 Å². The Balaban J connectivity index is 2.29. The molecule has 100 valence electrons. The zero-order chi connectivity index (χ0) is 14.1. The zero-order valence-electron chi connectivity index (χ0n) is 10.2. The van der Waals surface area contributed by atoms with Crippen LogP contribution in [-0.4, -0.2) is 29.6 Å². The Morgan fingerprint density at radius 1 is 1.30 bits per heavy atom. The second kappa shape index (κ2) is 4.67. The van der Waals surface area contributed by atoms with Crippen LogP contribution in [0.5, 0.6) is 0 Å². The first-order valence-corrected chi connectivity index (χ1v) is 5.76. The number of nitro benzene ring substituents is 1. The largest absolute Gasteiger partial charge is 0.388 e. The van der Waals surface area contributed by atoms with Gasteiger partial charge in [0.1, 0.15) is 6.61 Å². The van der Waals surface area contributed by atoms with Crippen LogP contribution in [0.1, 0.15) is 5.82 Å². The van der Waals surface area contributed by atoms with E-state index in [4.69, 9.17) is 5.11 Å².